The van der Waals surface area contributed by atoms with Gasteiger partial charge in [0.25, 0.3) is 5.91 Å². The topological polar surface area (TPSA) is 98.1 Å². The van der Waals surface area contributed by atoms with Crippen molar-refractivity contribution in [1.29, 1.82) is 0 Å². The molecule has 156 valence electrons. The predicted molar refractivity (Wildman–Crippen MR) is 115 cm³/mol. The van der Waals surface area contributed by atoms with Crippen LogP contribution in [0.25, 0.3) is 22.0 Å². The molecule has 0 bridgehead atoms. The number of carbonyl (C=O) groups excluding carboxylic acids is 1. The van der Waals surface area contributed by atoms with Crippen LogP contribution in [-0.2, 0) is 11.8 Å². The fourth-order valence-corrected chi connectivity index (χ4v) is 3.62. The van der Waals surface area contributed by atoms with Crippen LogP contribution in [0.15, 0.2) is 61.2 Å². The predicted octanol–water partition coefficient (Wildman–Crippen LogP) is 2.02. The van der Waals surface area contributed by atoms with Crippen LogP contribution in [-0.4, -0.2) is 56.8 Å². The summed E-state index contributed by atoms with van der Waals surface area (Å²) in [6.07, 6.45) is 6.53. The van der Waals surface area contributed by atoms with Crippen molar-refractivity contribution < 1.29 is 9.53 Å². The van der Waals surface area contributed by atoms with E-state index in [0.717, 1.165) is 27.8 Å². The van der Waals surface area contributed by atoms with Gasteiger partial charge in [-0.1, -0.05) is 17.3 Å². The molecule has 1 unspecified atom stereocenters. The summed E-state index contributed by atoms with van der Waals surface area (Å²) >= 11 is 0. The standard InChI is InChI=1S/C22H21N7O2/c1-28-13-19(26-27-28)16-2-3-17-12-24-20(11-18(17)10-16)29-8-9-31-21(14-29)25-22(30)15-4-6-23-7-5-15/h2-7,10-13,21H,8-9,14H2,1H3,(H,25,30). The first-order valence-electron chi connectivity index (χ1n) is 10.00. The van der Waals surface area contributed by atoms with E-state index in [4.69, 9.17) is 4.74 Å². The second kappa shape index (κ2) is 8.11. The van der Waals surface area contributed by atoms with Gasteiger partial charge in [0.05, 0.1) is 19.3 Å². The van der Waals surface area contributed by atoms with Crippen molar-refractivity contribution in [2.24, 2.45) is 7.05 Å². The maximum Gasteiger partial charge on any atom is 0.253 e. The van der Waals surface area contributed by atoms with E-state index >= 15 is 0 Å². The fraction of sp³-hybridized carbons (Fsp3) is 0.227. The lowest BCUT2D eigenvalue weighted by Crippen LogP contribution is -2.51. The zero-order valence-electron chi connectivity index (χ0n) is 17.0. The molecule has 1 N–H and O–H groups in total. The second-order valence-electron chi connectivity index (χ2n) is 7.40. The van der Waals surface area contributed by atoms with Crippen molar-refractivity contribution in [3.8, 4) is 11.3 Å². The number of nitrogens with one attached hydrogen (secondary N) is 1. The molecule has 0 spiro atoms. The average Bonchev–Trinajstić information content (AvgIpc) is 3.25. The van der Waals surface area contributed by atoms with E-state index in [1.54, 1.807) is 29.2 Å². The molecule has 1 atom stereocenters. The molecule has 9 nitrogen and oxygen atoms in total. The Morgan fingerprint density at radius 1 is 1.16 bits per heavy atom. The third-order valence-corrected chi connectivity index (χ3v) is 5.23. The highest BCUT2D eigenvalue weighted by atomic mass is 16.5. The molecule has 0 radical (unpaired) electrons. The summed E-state index contributed by atoms with van der Waals surface area (Å²) in [5.74, 6) is 0.657. The Kier molecular flexibility index (Phi) is 5.01. The van der Waals surface area contributed by atoms with Crippen molar-refractivity contribution in [1.82, 2.24) is 30.3 Å². The first-order chi connectivity index (χ1) is 15.2. The number of aromatic nitrogens is 5. The van der Waals surface area contributed by atoms with Gasteiger partial charge >= 0.3 is 0 Å². The number of aryl methyl sites for hydroxylation is 1. The number of morpholine rings is 1. The van der Waals surface area contributed by atoms with E-state index in [1.807, 2.05) is 31.6 Å². The smallest absolute Gasteiger partial charge is 0.253 e. The molecule has 1 aliphatic rings. The monoisotopic (exact) mass is 415 g/mol. The van der Waals surface area contributed by atoms with Gasteiger partial charge < -0.3 is 15.0 Å². The highest BCUT2D eigenvalue weighted by Gasteiger charge is 2.23. The quantitative estimate of drug-likeness (QED) is 0.544. The molecule has 9 heteroatoms. The number of hydrogen-bond donors (Lipinski definition) is 1. The van der Waals surface area contributed by atoms with E-state index in [0.29, 0.717) is 25.3 Å². The van der Waals surface area contributed by atoms with Gasteiger partial charge in [0.1, 0.15) is 17.7 Å². The van der Waals surface area contributed by atoms with Gasteiger partial charge in [-0.2, -0.15) is 0 Å². The van der Waals surface area contributed by atoms with Gasteiger partial charge in [-0.25, -0.2) is 4.98 Å². The molecule has 4 heterocycles. The molecule has 1 fully saturated rings. The summed E-state index contributed by atoms with van der Waals surface area (Å²) in [5.41, 5.74) is 2.38. The van der Waals surface area contributed by atoms with Gasteiger partial charge in [-0.15, -0.1) is 5.10 Å². The van der Waals surface area contributed by atoms with Crippen LogP contribution < -0.4 is 10.2 Å². The first kappa shape index (κ1) is 19.1. The van der Waals surface area contributed by atoms with Gasteiger partial charge in [0, 0.05) is 48.7 Å². The number of hydrogen-bond acceptors (Lipinski definition) is 7. The number of fused-ring (bicyclic) bond motifs is 1. The normalized spacial score (nSPS) is 16.4. The van der Waals surface area contributed by atoms with Crippen LogP contribution in [0.4, 0.5) is 5.82 Å². The van der Waals surface area contributed by atoms with E-state index in [9.17, 15) is 4.79 Å². The second-order valence-corrected chi connectivity index (χ2v) is 7.40. The van der Waals surface area contributed by atoms with Crippen LogP contribution >= 0.6 is 0 Å². The summed E-state index contributed by atoms with van der Waals surface area (Å²) in [6, 6.07) is 11.6. The molecule has 0 aliphatic carbocycles. The number of ether oxygens (including phenoxy) is 1. The Balaban J connectivity index is 1.35. The van der Waals surface area contributed by atoms with E-state index in [-0.39, 0.29) is 5.91 Å². The molecular formula is C22H21N7O2. The number of carbonyl (C=O) groups is 1. The van der Waals surface area contributed by atoms with Crippen LogP contribution in [0, 0.1) is 0 Å². The summed E-state index contributed by atoms with van der Waals surface area (Å²) < 4.78 is 7.44. The molecule has 31 heavy (non-hydrogen) atoms. The van der Waals surface area contributed by atoms with E-state index in [2.05, 4.69) is 42.6 Å². The third kappa shape index (κ3) is 4.08. The highest BCUT2D eigenvalue weighted by Crippen LogP contribution is 2.26. The summed E-state index contributed by atoms with van der Waals surface area (Å²) in [5, 5.41) is 13.3. The van der Waals surface area contributed by atoms with E-state index in [1.165, 1.54) is 0 Å². The van der Waals surface area contributed by atoms with Crippen molar-refractivity contribution in [3.05, 3.63) is 66.7 Å². The molecular weight excluding hydrogens is 394 g/mol. The van der Waals surface area contributed by atoms with Crippen LogP contribution in [0.5, 0.6) is 0 Å². The zero-order valence-corrected chi connectivity index (χ0v) is 17.0. The van der Waals surface area contributed by atoms with Crippen LogP contribution in [0.1, 0.15) is 10.4 Å². The van der Waals surface area contributed by atoms with Gasteiger partial charge in [0.2, 0.25) is 0 Å². The number of rotatable bonds is 4. The van der Waals surface area contributed by atoms with Gasteiger partial charge in [-0.3, -0.25) is 14.5 Å². The van der Waals surface area contributed by atoms with Crippen LogP contribution in [0.3, 0.4) is 0 Å². The average molecular weight is 415 g/mol. The minimum absolute atomic E-state index is 0.186. The third-order valence-electron chi connectivity index (χ3n) is 5.23. The first-order valence-corrected chi connectivity index (χ1v) is 10.00. The maximum atomic E-state index is 12.4. The van der Waals surface area contributed by atoms with Gasteiger partial charge in [-0.05, 0) is 29.7 Å². The van der Waals surface area contributed by atoms with Crippen molar-refractivity contribution >= 4 is 22.5 Å². The SMILES string of the molecule is Cn1cc(-c2ccc3cnc(N4CCOC(NC(=O)c5ccncc5)C4)cc3c2)nn1. The molecule has 4 aromatic rings. The van der Waals surface area contributed by atoms with Crippen LogP contribution in [0.2, 0.25) is 0 Å². The van der Waals surface area contributed by atoms with E-state index < -0.39 is 6.23 Å². The Bertz CT molecular complexity index is 1230. The number of amides is 1. The van der Waals surface area contributed by atoms with Crippen molar-refractivity contribution in [3.63, 3.8) is 0 Å². The molecule has 3 aromatic heterocycles. The highest BCUT2D eigenvalue weighted by molar-refractivity contribution is 5.94. The Morgan fingerprint density at radius 2 is 2.03 bits per heavy atom. The lowest BCUT2D eigenvalue weighted by molar-refractivity contribution is 0.0180. The molecule has 0 saturated carbocycles. The summed E-state index contributed by atoms with van der Waals surface area (Å²) in [7, 11) is 1.85. The zero-order chi connectivity index (χ0) is 21.2. The molecule has 1 aliphatic heterocycles. The maximum absolute atomic E-state index is 12.4. The molecule has 5 rings (SSSR count). The Morgan fingerprint density at radius 3 is 2.84 bits per heavy atom. The minimum atomic E-state index is -0.419. The number of nitrogens with zero attached hydrogens (tertiary/aromatic N) is 6. The fourth-order valence-electron chi connectivity index (χ4n) is 3.62. The van der Waals surface area contributed by atoms with Gasteiger partial charge in [0.15, 0.2) is 0 Å². The summed E-state index contributed by atoms with van der Waals surface area (Å²) in [6.45, 7) is 1.71. The Hall–Kier alpha value is -3.85. The van der Waals surface area contributed by atoms with Crippen molar-refractivity contribution in [2.75, 3.05) is 24.6 Å². The summed E-state index contributed by atoms with van der Waals surface area (Å²) in [4.78, 5) is 23.1. The number of anilines is 1. The van der Waals surface area contributed by atoms with Crippen molar-refractivity contribution in [2.45, 2.75) is 6.23 Å². The molecule has 1 amide bonds. The minimum Gasteiger partial charge on any atom is -0.355 e. The lowest BCUT2D eigenvalue weighted by Gasteiger charge is -2.34. The molecule has 1 aromatic carbocycles. The number of pyridine rings is 2. The largest absolute Gasteiger partial charge is 0.355 e. The molecule has 1 saturated heterocycles. The lowest BCUT2D eigenvalue weighted by atomic mass is 10.1. The Labute approximate surface area is 178 Å². The number of benzene rings is 1.